The van der Waals surface area contributed by atoms with E-state index in [1.54, 1.807) is 0 Å². The van der Waals surface area contributed by atoms with Crippen molar-refractivity contribution < 1.29 is 14.7 Å². The lowest BCUT2D eigenvalue weighted by molar-refractivity contribution is -0.113. The van der Waals surface area contributed by atoms with E-state index in [9.17, 15) is 9.59 Å². The molecule has 0 aliphatic carbocycles. The van der Waals surface area contributed by atoms with E-state index in [4.69, 9.17) is 5.11 Å². The number of carbonyl (C=O) groups excluding carboxylic acids is 1. The van der Waals surface area contributed by atoms with Gasteiger partial charge in [-0.25, -0.2) is 4.79 Å². The molecule has 0 spiro atoms. The van der Waals surface area contributed by atoms with Gasteiger partial charge in [0.1, 0.15) is 0 Å². The molecule has 108 valence electrons. The lowest BCUT2D eigenvalue weighted by atomic mass is 10.2. The van der Waals surface area contributed by atoms with E-state index in [0.29, 0.717) is 5.69 Å². The van der Waals surface area contributed by atoms with Gasteiger partial charge in [-0.3, -0.25) is 9.78 Å². The number of hydrogen-bond acceptors (Lipinski definition) is 4. The predicted molar refractivity (Wildman–Crippen MR) is 81.7 cm³/mol. The number of anilines is 1. The van der Waals surface area contributed by atoms with Gasteiger partial charge in [0.25, 0.3) is 0 Å². The van der Waals surface area contributed by atoms with Crippen LogP contribution in [-0.4, -0.2) is 27.7 Å². The lowest BCUT2D eigenvalue weighted by Gasteiger charge is -2.07. The molecule has 6 heteroatoms. The molecule has 0 saturated heterocycles. The van der Waals surface area contributed by atoms with Crippen molar-refractivity contribution in [2.24, 2.45) is 0 Å². The smallest absolute Gasteiger partial charge is 0.337 e. The number of benzene rings is 1. The van der Waals surface area contributed by atoms with E-state index in [0.717, 1.165) is 10.5 Å². The molecule has 0 aliphatic rings. The number of nitrogens with one attached hydrogen (secondary N) is 1. The first-order valence-corrected chi connectivity index (χ1v) is 7.21. The summed E-state index contributed by atoms with van der Waals surface area (Å²) in [6.07, 6.45) is 2.66. The summed E-state index contributed by atoms with van der Waals surface area (Å²) < 4.78 is 0. The first-order chi connectivity index (χ1) is 10.1. The maximum absolute atomic E-state index is 11.9. The zero-order valence-electron chi connectivity index (χ0n) is 11.4. The number of pyridine rings is 1. The van der Waals surface area contributed by atoms with Crippen LogP contribution in [0.25, 0.3) is 0 Å². The van der Waals surface area contributed by atoms with Crippen molar-refractivity contribution in [2.45, 2.75) is 11.8 Å². The third-order valence-corrected chi connectivity index (χ3v) is 3.90. The van der Waals surface area contributed by atoms with E-state index in [-0.39, 0.29) is 17.2 Å². The van der Waals surface area contributed by atoms with E-state index in [1.165, 1.54) is 30.2 Å². The highest BCUT2D eigenvalue weighted by atomic mass is 32.2. The minimum absolute atomic E-state index is 0.0411. The van der Waals surface area contributed by atoms with Crippen molar-refractivity contribution >= 4 is 29.3 Å². The molecule has 0 saturated carbocycles. The van der Waals surface area contributed by atoms with Crippen molar-refractivity contribution in [1.29, 1.82) is 0 Å². The Bertz CT molecular complexity index is 673. The summed E-state index contributed by atoms with van der Waals surface area (Å²) in [7, 11) is 0. The Morgan fingerprint density at radius 1 is 1.29 bits per heavy atom. The fraction of sp³-hybridized carbons (Fsp3) is 0.133. The number of hydrogen-bond donors (Lipinski definition) is 2. The molecule has 1 aromatic heterocycles. The van der Waals surface area contributed by atoms with Crippen LogP contribution in [0.15, 0.2) is 47.6 Å². The molecular formula is C15H14N2O3S. The summed E-state index contributed by atoms with van der Waals surface area (Å²) in [6, 6.07) is 9.20. The zero-order chi connectivity index (χ0) is 15.2. The topological polar surface area (TPSA) is 79.3 Å². The van der Waals surface area contributed by atoms with Crippen LogP contribution in [0, 0.1) is 6.92 Å². The van der Waals surface area contributed by atoms with E-state index < -0.39 is 5.97 Å². The molecule has 2 rings (SSSR count). The number of aromatic carboxylic acids is 1. The third kappa shape index (κ3) is 4.32. The molecule has 0 fully saturated rings. The maximum atomic E-state index is 11.9. The first-order valence-electron chi connectivity index (χ1n) is 6.23. The number of rotatable bonds is 5. The van der Waals surface area contributed by atoms with Crippen LogP contribution in [-0.2, 0) is 4.79 Å². The highest BCUT2D eigenvalue weighted by Gasteiger charge is 2.08. The lowest BCUT2D eigenvalue weighted by Crippen LogP contribution is -2.14. The quantitative estimate of drug-likeness (QED) is 0.830. The summed E-state index contributed by atoms with van der Waals surface area (Å²) in [5.41, 5.74) is 1.54. The number of nitrogens with zero attached hydrogens (tertiary/aromatic N) is 1. The van der Waals surface area contributed by atoms with Gasteiger partial charge in [-0.2, -0.15) is 0 Å². The summed E-state index contributed by atoms with van der Waals surface area (Å²) in [4.78, 5) is 27.5. The van der Waals surface area contributed by atoms with Crippen molar-refractivity contribution in [2.75, 3.05) is 11.1 Å². The molecule has 0 aliphatic heterocycles. The number of aryl methyl sites for hydroxylation is 1. The molecular weight excluding hydrogens is 288 g/mol. The summed E-state index contributed by atoms with van der Waals surface area (Å²) in [5, 5.41) is 11.5. The summed E-state index contributed by atoms with van der Waals surface area (Å²) in [6.45, 7) is 1.99. The molecule has 2 aromatic rings. The van der Waals surface area contributed by atoms with Crippen LogP contribution in [0.5, 0.6) is 0 Å². The molecule has 1 amide bonds. The van der Waals surface area contributed by atoms with Gasteiger partial charge < -0.3 is 10.4 Å². The SMILES string of the molecule is Cc1ccccc1SCC(=O)Nc1cncc(C(=O)O)c1. The average molecular weight is 302 g/mol. The van der Waals surface area contributed by atoms with Gasteiger partial charge in [0.15, 0.2) is 0 Å². The van der Waals surface area contributed by atoms with Gasteiger partial charge in [0.05, 0.1) is 23.2 Å². The number of carboxylic acids is 1. The number of carboxylic acid groups (broad SMARTS) is 1. The number of amides is 1. The van der Waals surface area contributed by atoms with Gasteiger partial charge >= 0.3 is 5.97 Å². The molecule has 2 N–H and O–H groups in total. The number of aromatic nitrogens is 1. The van der Waals surface area contributed by atoms with Crippen LogP contribution in [0.3, 0.4) is 0 Å². The summed E-state index contributed by atoms with van der Waals surface area (Å²) in [5.74, 6) is -1.03. The average Bonchev–Trinajstić information content (AvgIpc) is 2.46. The Morgan fingerprint density at radius 2 is 2.05 bits per heavy atom. The maximum Gasteiger partial charge on any atom is 0.337 e. The molecule has 0 unspecified atom stereocenters. The molecule has 21 heavy (non-hydrogen) atoms. The van der Waals surface area contributed by atoms with Crippen molar-refractivity contribution in [1.82, 2.24) is 4.98 Å². The molecule has 1 heterocycles. The Balaban J connectivity index is 1.95. The summed E-state index contributed by atoms with van der Waals surface area (Å²) >= 11 is 1.44. The highest BCUT2D eigenvalue weighted by Crippen LogP contribution is 2.21. The Morgan fingerprint density at radius 3 is 2.76 bits per heavy atom. The second-order valence-electron chi connectivity index (χ2n) is 4.37. The number of carbonyl (C=O) groups is 2. The van der Waals surface area contributed by atoms with Gasteiger partial charge in [0.2, 0.25) is 5.91 Å². The fourth-order valence-corrected chi connectivity index (χ4v) is 2.51. The van der Waals surface area contributed by atoms with Crippen molar-refractivity contribution in [3.8, 4) is 0 Å². The van der Waals surface area contributed by atoms with E-state index >= 15 is 0 Å². The predicted octanol–water partition coefficient (Wildman–Crippen LogP) is 2.82. The molecule has 0 radical (unpaired) electrons. The van der Waals surface area contributed by atoms with Crippen LogP contribution in [0.1, 0.15) is 15.9 Å². The zero-order valence-corrected chi connectivity index (χ0v) is 12.2. The molecule has 0 bridgehead atoms. The second kappa shape index (κ2) is 6.90. The highest BCUT2D eigenvalue weighted by molar-refractivity contribution is 8.00. The van der Waals surface area contributed by atoms with Crippen LogP contribution in [0.2, 0.25) is 0 Å². The third-order valence-electron chi connectivity index (χ3n) is 2.72. The van der Waals surface area contributed by atoms with Crippen LogP contribution >= 0.6 is 11.8 Å². The molecule has 1 aromatic carbocycles. The standard InChI is InChI=1S/C15H14N2O3S/c1-10-4-2-3-5-13(10)21-9-14(18)17-12-6-11(15(19)20)7-16-8-12/h2-8H,9H2,1H3,(H,17,18)(H,19,20). The minimum Gasteiger partial charge on any atom is -0.478 e. The monoisotopic (exact) mass is 302 g/mol. The normalized spacial score (nSPS) is 10.1. The number of thioether (sulfide) groups is 1. The Hall–Kier alpha value is -2.34. The van der Waals surface area contributed by atoms with Crippen molar-refractivity contribution in [3.63, 3.8) is 0 Å². The van der Waals surface area contributed by atoms with Gasteiger partial charge in [-0.05, 0) is 24.6 Å². The van der Waals surface area contributed by atoms with Gasteiger partial charge in [-0.1, -0.05) is 18.2 Å². The first kappa shape index (κ1) is 15.1. The second-order valence-corrected chi connectivity index (χ2v) is 5.39. The van der Waals surface area contributed by atoms with Crippen LogP contribution in [0.4, 0.5) is 5.69 Å². The Labute approximate surface area is 126 Å². The minimum atomic E-state index is -1.08. The van der Waals surface area contributed by atoms with Crippen molar-refractivity contribution in [3.05, 3.63) is 53.9 Å². The fourth-order valence-electron chi connectivity index (χ4n) is 1.68. The van der Waals surface area contributed by atoms with Gasteiger partial charge in [0, 0.05) is 11.1 Å². The van der Waals surface area contributed by atoms with E-state index in [1.807, 2.05) is 31.2 Å². The molecule has 0 atom stereocenters. The Kier molecular flexibility index (Phi) is 4.94. The van der Waals surface area contributed by atoms with Gasteiger partial charge in [-0.15, -0.1) is 11.8 Å². The van der Waals surface area contributed by atoms with E-state index in [2.05, 4.69) is 10.3 Å². The molecule has 5 nitrogen and oxygen atoms in total. The largest absolute Gasteiger partial charge is 0.478 e. The van der Waals surface area contributed by atoms with Crippen LogP contribution < -0.4 is 5.32 Å².